The van der Waals surface area contributed by atoms with Crippen molar-refractivity contribution in [2.45, 2.75) is 19.9 Å². The minimum Gasteiger partial charge on any atom is -0.467 e. The summed E-state index contributed by atoms with van der Waals surface area (Å²) in [5.74, 6) is -0.852. The molecule has 1 atom stereocenters. The third-order valence-electron chi connectivity index (χ3n) is 2.54. The summed E-state index contributed by atoms with van der Waals surface area (Å²) >= 11 is 5.98. The smallest absolute Gasteiger partial charge is 0.328 e. The summed E-state index contributed by atoms with van der Waals surface area (Å²) in [4.78, 5) is 22.7. The lowest BCUT2D eigenvalue weighted by Gasteiger charge is -2.09. The van der Waals surface area contributed by atoms with E-state index in [9.17, 15) is 9.59 Å². The zero-order valence-corrected chi connectivity index (χ0v) is 11.8. The van der Waals surface area contributed by atoms with Crippen LogP contribution in [0.15, 0.2) is 24.3 Å². The summed E-state index contributed by atoms with van der Waals surface area (Å²) in [5, 5.41) is 3.14. The van der Waals surface area contributed by atoms with Gasteiger partial charge in [-0.2, -0.15) is 0 Å². The van der Waals surface area contributed by atoms with Crippen LogP contribution in [0.25, 0.3) is 6.08 Å². The van der Waals surface area contributed by atoms with E-state index in [4.69, 9.17) is 11.6 Å². The van der Waals surface area contributed by atoms with Crippen LogP contribution in [0.2, 0.25) is 5.02 Å². The summed E-state index contributed by atoms with van der Waals surface area (Å²) in [6.07, 6.45) is 2.98. The molecule has 0 aromatic heterocycles. The molecular formula is C14H16ClNO3. The Hall–Kier alpha value is -1.81. The number of carbonyl (C=O) groups excluding carboxylic acids is 2. The van der Waals surface area contributed by atoms with E-state index in [0.29, 0.717) is 5.02 Å². The number of amides is 1. The first-order valence-electron chi connectivity index (χ1n) is 5.76. The van der Waals surface area contributed by atoms with Crippen molar-refractivity contribution in [2.24, 2.45) is 0 Å². The molecule has 1 amide bonds. The molecule has 0 bridgehead atoms. The van der Waals surface area contributed by atoms with Gasteiger partial charge in [-0.05, 0) is 37.1 Å². The minimum atomic E-state index is -0.677. The third kappa shape index (κ3) is 4.75. The lowest BCUT2D eigenvalue weighted by Crippen LogP contribution is -2.38. The topological polar surface area (TPSA) is 55.4 Å². The summed E-state index contributed by atoms with van der Waals surface area (Å²) in [5.41, 5.74) is 1.79. The maximum Gasteiger partial charge on any atom is 0.328 e. The van der Waals surface area contributed by atoms with Gasteiger partial charge in [0.1, 0.15) is 6.04 Å². The molecule has 0 aliphatic rings. The van der Waals surface area contributed by atoms with Gasteiger partial charge in [0, 0.05) is 11.1 Å². The molecule has 4 nitrogen and oxygen atoms in total. The summed E-state index contributed by atoms with van der Waals surface area (Å²) < 4.78 is 4.51. The normalized spacial score (nSPS) is 12.2. The molecule has 0 saturated heterocycles. The molecule has 0 heterocycles. The van der Waals surface area contributed by atoms with Gasteiger partial charge in [0.2, 0.25) is 5.91 Å². The van der Waals surface area contributed by atoms with Crippen LogP contribution in [0.3, 0.4) is 0 Å². The van der Waals surface area contributed by atoms with E-state index in [1.54, 1.807) is 19.1 Å². The molecule has 0 spiro atoms. The number of nitrogens with one attached hydrogen (secondary N) is 1. The number of ether oxygens (including phenoxy) is 1. The molecule has 19 heavy (non-hydrogen) atoms. The van der Waals surface area contributed by atoms with E-state index in [2.05, 4.69) is 10.1 Å². The zero-order chi connectivity index (χ0) is 14.4. The molecule has 102 valence electrons. The highest BCUT2D eigenvalue weighted by atomic mass is 35.5. The maximum atomic E-state index is 11.6. The first-order valence-corrected chi connectivity index (χ1v) is 6.14. The molecule has 0 aliphatic carbocycles. The quantitative estimate of drug-likeness (QED) is 0.681. The van der Waals surface area contributed by atoms with E-state index in [0.717, 1.165) is 11.1 Å². The number of hydrogen-bond donors (Lipinski definition) is 1. The molecular weight excluding hydrogens is 266 g/mol. The number of aryl methyl sites for hydroxylation is 1. The van der Waals surface area contributed by atoms with Gasteiger partial charge in [-0.15, -0.1) is 0 Å². The van der Waals surface area contributed by atoms with E-state index in [1.807, 2.05) is 19.1 Å². The Bertz CT molecular complexity index is 511. The minimum absolute atomic E-state index is 0.366. The van der Waals surface area contributed by atoms with Crippen LogP contribution >= 0.6 is 11.6 Å². The fourth-order valence-corrected chi connectivity index (χ4v) is 1.57. The van der Waals surface area contributed by atoms with Gasteiger partial charge in [-0.25, -0.2) is 4.79 Å². The second-order valence-corrected chi connectivity index (χ2v) is 4.50. The Kier molecular flexibility index (Phi) is 5.57. The van der Waals surface area contributed by atoms with Crippen molar-refractivity contribution in [3.05, 3.63) is 40.4 Å². The second-order valence-electron chi connectivity index (χ2n) is 4.10. The predicted octanol–water partition coefficient (Wildman–Crippen LogP) is 2.34. The summed E-state index contributed by atoms with van der Waals surface area (Å²) in [6.45, 7) is 3.46. The fourth-order valence-electron chi connectivity index (χ4n) is 1.38. The van der Waals surface area contributed by atoms with Crippen molar-refractivity contribution in [2.75, 3.05) is 7.11 Å². The van der Waals surface area contributed by atoms with E-state index in [-0.39, 0.29) is 5.91 Å². The Morgan fingerprint density at radius 3 is 2.68 bits per heavy atom. The number of esters is 1. The molecule has 1 aromatic carbocycles. The molecule has 1 aromatic rings. The number of hydrogen-bond acceptors (Lipinski definition) is 3. The van der Waals surface area contributed by atoms with Crippen LogP contribution in [0.1, 0.15) is 18.1 Å². The molecule has 0 fully saturated rings. The molecule has 1 N–H and O–H groups in total. The van der Waals surface area contributed by atoms with Crippen LogP contribution in [0.5, 0.6) is 0 Å². The summed E-state index contributed by atoms with van der Waals surface area (Å²) in [7, 11) is 1.27. The van der Waals surface area contributed by atoms with Gasteiger partial charge in [0.05, 0.1) is 7.11 Å². The monoisotopic (exact) mass is 281 g/mol. The van der Waals surface area contributed by atoms with Crippen molar-refractivity contribution < 1.29 is 14.3 Å². The largest absolute Gasteiger partial charge is 0.467 e. The zero-order valence-electron chi connectivity index (χ0n) is 11.1. The lowest BCUT2D eigenvalue weighted by atomic mass is 10.1. The SMILES string of the molecule is COC(=O)[C@@H](C)NC(=O)/C=C/c1ccc(C)c(Cl)c1. The van der Waals surface area contributed by atoms with Crippen LogP contribution in [0, 0.1) is 6.92 Å². The number of methoxy groups -OCH3 is 1. The third-order valence-corrected chi connectivity index (χ3v) is 2.94. The Labute approximate surface area is 117 Å². The number of rotatable bonds is 4. The molecule has 5 heteroatoms. The highest BCUT2D eigenvalue weighted by Crippen LogP contribution is 2.17. The highest BCUT2D eigenvalue weighted by molar-refractivity contribution is 6.31. The van der Waals surface area contributed by atoms with E-state index >= 15 is 0 Å². The maximum absolute atomic E-state index is 11.6. The van der Waals surface area contributed by atoms with E-state index < -0.39 is 12.0 Å². The van der Waals surface area contributed by atoms with Crippen LogP contribution < -0.4 is 5.32 Å². The average Bonchev–Trinajstić information content (AvgIpc) is 2.39. The molecule has 1 rings (SSSR count). The number of carbonyl (C=O) groups is 2. The first kappa shape index (κ1) is 15.2. The van der Waals surface area contributed by atoms with Crippen LogP contribution in [-0.2, 0) is 14.3 Å². The van der Waals surface area contributed by atoms with Gasteiger partial charge in [0.25, 0.3) is 0 Å². The molecule has 0 saturated carbocycles. The van der Waals surface area contributed by atoms with Gasteiger partial charge >= 0.3 is 5.97 Å². The summed E-state index contributed by atoms with van der Waals surface area (Å²) in [6, 6.07) is 4.82. The van der Waals surface area contributed by atoms with Crippen LogP contribution in [-0.4, -0.2) is 25.0 Å². The predicted molar refractivity (Wildman–Crippen MR) is 74.8 cm³/mol. The second kappa shape index (κ2) is 6.95. The Morgan fingerprint density at radius 1 is 1.42 bits per heavy atom. The lowest BCUT2D eigenvalue weighted by molar-refractivity contribution is -0.144. The van der Waals surface area contributed by atoms with Gasteiger partial charge in [0.15, 0.2) is 0 Å². The van der Waals surface area contributed by atoms with E-state index in [1.165, 1.54) is 13.2 Å². The Balaban J connectivity index is 2.63. The van der Waals surface area contributed by atoms with Crippen molar-refractivity contribution in [3.63, 3.8) is 0 Å². The first-order chi connectivity index (χ1) is 8.93. The van der Waals surface area contributed by atoms with Crippen molar-refractivity contribution in [3.8, 4) is 0 Å². The molecule has 0 unspecified atom stereocenters. The van der Waals surface area contributed by atoms with Crippen LogP contribution in [0.4, 0.5) is 0 Å². The van der Waals surface area contributed by atoms with Gasteiger partial charge < -0.3 is 10.1 Å². The van der Waals surface area contributed by atoms with Crippen molar-refractivity contribution in [1.82, 2.24) is 5.32 Å². The number of halogens is 1. The Morgan fingerprint density at radius 2 is 2.11 bits per heavy atom. The van der Waals surface area contributed by atoms with Gasteiger partial charge in [-0.1, -0.05) is 23.7 Å². The standard InChI is InChI=1S/C14H16ClNO3/c1-9-4-5-11(8-12(9)15)6-7-13(17)16-10(2)14(18)19-3/h4-8,10H,1-3H3,(H,16,17)/b7-6+/t10-/m1/s1. The van der Waals surface area contributed by atoms with Gasteiger partial charge in [-0.3, -0.25) is 4.79 Å². The highest BCUT2D eigenvalue weighted by Gasteiger charge is 2.13. The average molecular weight is 282 g/mol. The molecule has 0 radical (unpaired) electrons. The fraction of sp³-hybridized carbons (Fsp3) is 0.286. The number of benzene rings is 1. The molecule has 0 aliphatic heterocycles. The van der Waals surface area contributed by atoms with Crippen molar-refractivity contribution in [1.29, 1.82) is 0 Å². The van der Waals surface area contributed by atoms with Crippen molar-refractivity contribution >= 4 is 29.6 Å².